The van der Waals surface area contributed by atoms with Crippen molar-refractivity contribution in [2.45, 2.75) is 91.9 Å². The molecule has 0 saturated heterocycles. The number of nitrogens with zero attached hydrogens (tertiary/aromatic N) is 1. The van der Waals surface area contributed by atoms with E-state index < -0.39 is 0 Å². The summed E-state index contributed by atoms with van der Waals surface area (Å²) in [5, 5.41) is 0. The Morgan fingerprint density at radius 3 is 1.58 bits per heavy atom. The smallest absolute Gasteiger partial charge is 0.00187 e. The SMILES string of the molecule is CCCN(CCC)CCCCCCCCCC(C)C. The van der Waals surface area contributed by atoms with Gasteiger partial charge in [-0.2, -0.15) is 0 Å². The minimum atomic E-state index is 0.892. The maximum atomic E-state index is 2.64. The zero-order valence-corrected chi connectivity index (χ0v) is 14.2. The first kappa shape index (κ1) is 19.0. The molecular weight excluding hydrogens is 230 g/mol. The van der Waals surface area contributed by atoms with Crippen molar-refractivity contribution in [3.05, 3.63) is 0 Å². The molecule has 116 valence electrons. The summed E-state index contributed by atoms with van der Waals surface area (Å²) in [7, 11) is 0. The molecule has 0 rings (SSSR count). The molecule has 0 aromatic carbocycles. The third-order valence-electron chi connectivity index (χ3n) is 3.84. The van der Waals surface area contributed by atoms with Crippen molar-refractivity contribution in [3.63, 3.8) is 0 Å². The highest BCUT2D eigenvalue weighted by atomic mass is 15.1. The van der Waals surface area contributed by atoms with Crippen LogP contribution in [0.3, 0.4) is 0 Å². The third-order valence-corrected chi connectivity index (χ3v) is 3.84. The number of rotatable bonds is 14. The fraction of sp³-hybridized carbons (Fsp3) is 1.00. The molecule has 1 nitrogen and oxygen atoms in total. The van der Waals surface area contributed by atoms with Crippen LogP contribution in [-0.2, 0) is 0 Å². The molecule has 0 atom stereocenters. The van der Waals surface area contributed by atoms with Crippen LogP contribution in [0.15, 0.2) is 0 Å². The summed E-state index contributed by atoms with van der Waals surface area (Å²) in [4.78, 5) is 2.64. The van der Waals surface area contributed by atoms with Crippen molar-refractivity contribution in [1.82, 2.24) is 4.90 Å². The Balaban J connectivity index is 3.24. The highest BCUT2D eigenvalue weighted by Gasteiger charge is 2.01. The Kier molecular flexibility index (Phi) is 14.3. The molecule has 0 heterocycles. The molecule has 0 fully saturated rings. The van der Waals surface area contributed by atoms with Crippen LogP contribution < -0.4 is 0 Å². The second-order valence-electron chi connectivity index (χ2n) is 6.50. The van der Waals surface area contributed by atoms with Crippen LogP contribution in [0, 0.1) is 5.92 Å². The third kappa shape index (κ3) is 14.2. The van der Waals surface area contributed by atoms with Crippen molar-refractivity contribution in [1.29, 1.82) is 0 Å². The molecule has 19 heavy (non-hydrogen) atoms. The largest absolute Gasteiger partial charge is 0.303 e. The average molecular weight is 270 g/mol. The van der Waals surface area contributed by atoms with Crippen LogP contribution in [0.5, 0.6) is 0 Å². The van der Waals surface area contributed by atoms with Gasteiger partial charge in [0.2, 0.25) is 0 Å². The van der Waals surface area contributed by atoms with E-state index in [0.717, 1.165) is 5.92 Å². The molecule has 0 radical (unpaired) electrons. The van der Waals surface area contributed by atoms with Gasteiger partial charge in [-0.15, -0.1) is 0 Å². The standard InChI is InChI=1S/C18H39N/c1-5-15-19(16-6-2)17-13-11-9-7-8-10-12-14-18(3)4/h18H,5-17H2,1-4H3. The van der Waals surface area contributed by atoms with Crippen molar-refractivity contribution >= 4 is 0 Å². The molecule has 0 spiro atoms. The van der Waals surface area contributed by atoms with Crippen molar-refractivity contribution in [2.75, 3.05) is 19.6 Å². The van der Waals surface area contributed by atoms with E-state index in [1.807, 2.05) is 0 Å². The van der Waals surface area contributed by atoms with Crippen molar-refractivity contribution in [2.24, 2.45) is 5.92 Å². The van der Waals surface area contributed by atoms with Crippen LogP contribution in [0.4, 0.5) is 0 Å². The topological polar surface area (TPSA) is 3.24 Å². The van der Waals surface area contributed by atoms with Gasteiger partial charge in [0.25, 0.3) is 0 Å². The summed E-state index contributed by atoms with van der Waals surface area (Å²) in [5.74, 6) is 0.892. The van der Waals surface area contributed by atoms with Gasteiger partial charge in [0.1, 0.15) is 0 Å². The quantitative estimate of drug-likeness (QED) is 0.356. The van der Waals surface area contributed by atoms with E-state index in [1.54, 1.807) is 0 Å². The first-order chi connectivity index (χ1) is 9.20. The maximum absolute atomic E-state index is 2.64. The van der Waals surface area contributed by atoms with Crippen LogP contribution in [0.1, 0.15) is 91.9 Å². The number of unbranched alkanes of at least 4 members (excludes halogenated alkanes) is 6. The van der Waals surface area contributed by atoms with E-state index >= 15 is 0 Å². The molecule has 0 aliphatic heterocycles. The molecule has 0 amide bonds. The van der Waals surface area contributed by atoms with E-state index in [9.17, 15) is 0 Å². The van der Waals surface area contributed by atoms with Crippen LogP contribution in [0.25, 0.3) is 0 Å². The normalized spacial score (nSPS) is 11.7. The fourth-order valence-electron chi connectivity index (χ4n) is 2.74. The molecule has 1 heteroatoms. The Morgan fingerprint density at radius 2 is 1.11 bits per heavy atom. The van der Waals surface area contributed by atoms with Gasteiger partial charge < -0.3 is 4.90 Å². The molecule has 0 aromatic rings. The molecule has 0 unspecified atom stereocenters. The predicted octanol–water partition coefficient (Wildman–Crippen LogP) is 5.89. The number of hydrogen-bond acceptors (Lipinski definition) is 1. The van der Waals surface area contributed by atoms with Gasteiger partial charge in [0.15, 0.2) is 0 Å². The fourth-order valence-corrected chi connectivity index (χ4v) is 2.74. The zero-order chi connectivity index (χ0) is 14.3. The summed E-state index contributed by atoms with van der Waals surface area (Å²) < 4.78 is 0. The lowest BCUT2D eigenvalue weighted by Gasteiger charge is -2.20. The zero-order valence-electron chi connectivity index (χ0n) is 14.2. The van der Waals surface area contributed by atoms with Gasteiger partial charge >= 0.3 is 0 Å². The summed E-state index contributed by atoms with van der Waals surface area (Å²) >= 11 is 0. The Hall–Kier alpha value is -0.0400. The van der Waals surface area contributed by atoms with Gasteiger partial charge in [0.05, 0.1) is 0 Å². The van der Waals surface area contributed by atoms with E-state index in [2.05, 4.69) is 32.6 Å². The second-order valence-corrected chi connectivity index (χ2v) is 6.50. The molecular formula is C18H39N. The molecule has 0 bridgehead atoms. The van der Waals surface area contributed by atoms with E-state index in [1.165, 1.54) is 83.8 Å². The van der Waals surface area contributed by atoms with Gasteiger partial charge in [-0.25, -0.2) is 0 Å². The van der Waals surface area contributed by atoms with Crippen LogP contribution in [0.2, 0.25) is 0 Å². The maximum Gasteiger partial charge on any atom is -0.00187 e. The van der Waals surface area contributed by atoms with E-state index in [-0.39, 0.29) is 0 Å². The van der Waals surface area contributed by atoms with Gasteiger partial charge in [-0.3, -0.25) is 0 Å². The van der Waals surface area contributed by atoms with Crippen molar-refractivity contribution < 1.29 is 0 Å². The highest BCUT2D eigenvalue weighted by Crippen LogP contribution is 2.12. The average Bonchev–Trinajstić information content (AvgIpc) is 2.37. The Bertz CT molecular complexity index is 159. The first-order valence-corrected chi connectivity index (χ1v) is 8.93. The molecule has 0 aliphatic rings. The van der Waals surface area contributed by atoms with E-state index in [0.29, 0.717) is 0 Å². The van der Waals surface area contributed by atoms with Gasteiger partial charge in [-0.1, -0.05) is 72.6 Å². The number of hydrogen-bond donors (Lipinski definition) is 0. The molecule has 0 aliphatic carbocycles. The summed E-state index contributed by atoms with van der Waals surface area (Å²) in [6, 6.07) is 0. The summed E-state index contributed by atoms with van der Waals surface area (Å²) in [6.45, 7) is 13.2. The minimum Gasteiger partial charge on any atom is -0.303 e. The first-order valence-electron chi connectivity index (χ1n) is 8.93. The monoisotopic (exact) mass is 269 g/mol. The Labute approximate surface area is 123 Å². The Morgan fingerprint density at radius 1 is 0.632 bits per heavy atom. The second kappa shape index (κ2) is 14.4. The lowest BCUT2D eigenvalue weighted by atomic mass is 10.0. The van der Waals surface area contributed by atoms with Crippen molar-refractivity contribution in [3.8, 4) is 0 Å². The van der Waals surface area contributed by atoms with E-state index in [4.69, 9.17) is 0 Å². The summed E-state index contributed by atoms with van der Waals surface area (Å²) in [6.07, 6.45) is 14.1. The highest BCUT2D eigenvalue weighted by molar-refractivity contribution is 4.57. The molecule has 0 aromatic heterocycles. The van der Waals surface area contributed by atoms with Crippen LogP contribution >= 0.6 is 0 Å². The molecule has 0 saturated carbocycles. The predicted molar refractivity (Wildman–Crippen MR) is 88.8 cm³/mol. The van der Waals surface area contributed by atoms with Crippen LogP contribution in [-0.4, -0.2) is 24.5 Å². The lowest BCUT2D eigenvalue weighted by molar-refractivity contribution is 0.267. The molecule has 0 N–H and O–H groups in total. The van der Waals surface area contributed by atoms with Gasteiger partial charge in [-0.05, 0) is 44.8 Å². The van der Waals surface area contributed by atoms with Gasteiger partial charge in [0, 0.05) is 0 Å². The summed E-state index contributed by atoms with van der Waals surface area (Å²) in [5.41, 5.74) is 0. The minimum absolute atomic E-state index is 0.892. The lowest BCUT2D eigenvalue weighted by Crippen LogP contribution is -2.26.